The molecule has 3 rings (SSSR count). The van der Waals surface area contributed by atoms with Crippen LogP contribution in [0.2, 0.25) is 0 Å². The summed E-state index contributed by atoms with van der Waals surface area (Å²) in [5.74, 6) is -0.222. The molecule has 2 N–H and O–H groups in total. The molecule has 4 nitrogen and oxygen atoms in total. The van der Waals surface area contributed by atoms with Gasteiger partial charge in [-0.25, -0.2) is 0 Å². The van der Waals surface area contributed by atoms with Crippen molar-refractivity contribution in [1.29, 1.82) is 0 Å². The predicted molar refractivity (Wildman–Crippen MR) is 96.3 cm³/mol. The van der Waals surface area contributed by atoms with Crippen molar-refractivity contribution >= 4 is 18.8 Å². The van der Waals surface area contributed by atoms with Crippen molar-refractivity contribution in [3.8, 4) is 11.1 Å². The number of carbonyl (C=O) groups is 2. The van der Waals surface area contributed by atoms with Gasteiger partial charge in [-0.2, -0.15) is 0 Å². The Balaban J connectivity index is 2.06. The predicted octanol–water partition coefficient (Wildman–Crippen LogP) is 2.88. The molecule has 0 atom stereocenters. The Hall–Kier alpha value is -2.56. The third-order valence-corrected chi connectivity index (χ3v) is 4.49. The number of fused-ring (bicyclic) bond motifs is 3. The Kier molecular flexibility index (Phi) is 4.70. The van der Waals surface area contributed by atoms with Gasteiger partial charge in [-0.1, -0.05) is 62.4 Å². The molecule has 5 heteroatoms. The maximum atomic E-state index is 12.0. The van der Waals surface area contributed by atoms with E-state index in [4.69, 9.17) is 0 Å². The molecule has 0 saturated carbocycles. The molecule has 0 unspecified atom stereocenters. The van der Waals surface area contributed by atoms with Gasteiger partial charge in [-0.05, 0) is 22.3 Å². The van der Waals surface area contributed by atoms with E-state index >= 15 is 0 Å². The molecular weight excluding hydrogens is 299 g/mol. The van der Waals surface area contributed by atoms with E-state index < -0.39 is 6.98 Å². The Morgan fingerprint density at radius 2 is 1.25 bits per heavy atom. The summed E-state index contributed by atoms with van der Waals surface area (Å²) in [5.41, 5.74) is 4.60. The summed E-state index contributed by atoms with van der Waals surface area (Å²) in [6, 6.07) is 16.4. The van der Waals surface area contributed by atoms with E-state index in [0.29, 0.717) is 12.8 Å². The molecule has 0 aromatic heterocycles. The topological polar surface area (TPSA) is 58.2 Å². The Morgan fingerprint density at radius 3 is 1.67 bits per heavy atom. The summed E-state index contributed by atoms with van der Waals surface area (Å²) < 4.78 is 0. The normalized spacial score (nSPS) is 12.2. The number of benzene rings is 2. The maximum absolute atomic E-state index is 12.0. The van der Waals surface area contributed by atoms with Crippen LogP contribution in [0.5, 0.6) is 0 Å². The van der Waals surface area contributed by atoms with Crippen LogP contribution < -0.4 is 10.5 Å². The van der Waals surface area contributed by atoms with Crippen LogP contribution in [0.1, 0.15) is 43.6 Å². The van der Waals surface area contributed by atoms with E-state index in [-0.39, 0.29) is 17.6 Å². The number of nitrogens with one attached hydrogen (secondary N) is 2. The first-order valence-corrected chi connectivity index (χ1v) is 8.42. The standard InChI is InChI=1S/C19H21BN2O2/c1-3-17(23)21-20(22-18(24)4-2)19-15-11-7-5-9-13(15)14-10-6-8-12-16(14)19/h5-12,19H,3-4H2,1-2H3,(H,21,23)(H,22,24). The zero-order valence-electron chi connectivity index (χ0n) is 14.0. The molecule has 24 heavy (non-hydrogen) atoms. The first-order chi connectivity index (χ1) is 11.7. The number of rotatable bonds is 5. The average Bonchev–Trinajstić information content (AvgIpc) is 2.95. The number of hydrogen-bond acceptors (Lipinski definition) is 2. The van der Waals surface area contributed by atoms with Crippen molar-refractivity contribution in [2.75, 3.05) is 0 Å². The highest BCUT2D eigenvalue weighted by Crippen LogP contribution is 2.44. The third kappa shape index (κ3) is 2.94. The lowest BCUT2D eigenvalue weighted by Crippen LogP contribution is -2.56. The largest absolute Gasteiger partial charge is 0.387 e. The second-order valence-corrected chi connectivity index (χ2v) is 5.97. The van der Waals surface area contributed by atoms with Crippen molar-refractivity contribution in [3.05, 3.63) is 59.7 Å². The number of carbonyl (C=O) groups excluding carboxylic acids is 2. The highest BCUT2D eigenvalue weighted by Gasteiger charge is 2.39. The van der Waals surface area contributed by atoms with Crippen molar-refractivity contribution in [2.45, 2.75) is 32.5 Å². The van der Waals surface area contributed by atoms with Crippen LogP contribution in [-0.2, 0) is 9.59 Å². The van der Waals surface area contributed by atoms with Gasteiger partial charge >= 0.3 is 6.98 Å². The van der Waals surface area contributed by atoms with E-state index in [1.54, 1.807) is 0 Å². The zero-order chi connectivity index (χ0) is 17.1. The molecule has 0 saturated heterocycles. The van der Waals surface area contributed by atoms with Crippen molar-refractivity contribution in [2.24, 2.45) is 0 Å². The molecule has 122 valence electrons. The molecule has 2 aromatic rings. The van der Waals surface area contributed by atoms with Crippen molar-refractivity contribution < 1.29 is 9.59 Å². The van der Waals surface area contributed by atoms with Crippen LogP contribution in [0.25, 0.3) is 11.1 Å². The molecule has 0 fully saturated rings. The molecule has 0 aliphatic heterocycles. The summed E-state index contributed by atoms with van der Waals surface area (Å²) in [7, 11) is 0. The highest BCUT2D eigenvalue weighted by molar-refractivity contribution is 6.62. The van der Waals surface area contributed by atoms with E-state index in [0.717, 1.165) is 11.1 Å². The fourth-order valence-corrected chi connectivity index (χ4v) is 3.31. The SMILES string of the molecule is CCC(=O)NB(NC(=O)CC)C1c2ccccc2-c2ccccc21. The van der Waals surface area contributed by atoms with Crippen LogP contribution in [0.4, 0.5) is 0 Å². The smallest absolute Gasteiger partial charge is 0.379 e. The van der Waals surface area contributed by atoms with Crippen molar-refractivity contribution in [3.63, 3.8) is 0 Å². The second kappa shape index (κ2) is 6.91. The third-order valence-electron chi connectivity index (χ3n) is 4.49. The summed E-state index contributed by atoms with van der Waals surface area (Å²) in [5, 5.41) is 5.97. The molecule has 0 radical (unpaired) electrons. The monoisotopic (exact) mass is 320 g/mol. The molecule has 0 heterocycles. The quantitative estimate of drug-likeness (QED) is 0.832. The fraction of sp³-hybridized carbons (Fsp3) is 0.263. The second-order valence-electron chi connectivity index (χ2n) is 5.97. The van der Waals surface area contributed by atoms with Crippen LogP contribution in [0, 0.1) is 0 Å². The van der Waals surface area contributed by atoms with Gasteiger partial charge in [0.1, 0.15) is 0 Å². The van der Waals surface area contributed by atoms with E-state index in [1.165, 1.54) is 11.1 Å². The molecule has 0 spiro atoms. The van der Waals surface area contributed by atoms with Gasteiger partial charge in [0.25, 0.3) is 0 Å². The molecule has 1 aliphatic rings. The highest BCUT2D eigenvalue weighted by atomic mass is 16.2. The average molecular weight is 320 g/mol. The first-order valence-electron chi connectivity index (χ1n) is 8.42. The van der Waals surface area contributed by atoms with Crippen LogP contribution >= 0.6 is 0 Å². The van der Waals surface area contributed by atoms with Gasteiger partial charge in [-0.15, -0.1) is 0 Å². The fourth-order valence-electron chi connectivity index (χ4n) is 3.31. The van der Waals surface area contributed by atoms with Crippen LogP contribution in [0.15, 0.2) is 48.5 Å². The van der Waals surface area contributed by atoms with E-state index in [2.05, 4.69) is 34.7 Å². The minimum absolute atomic E-state index is 0.0711. The Bertz CT molecular complexity index is 712. The van der Waals surface area contributed by atoms with Gasteiger partial charge in [0.05, 0.1) is 0 Å². The minimum Gasteiger partial charge on any atom is -0.379 e. The summed E-state index contributed by atoms with van der Waals surface area (Å²) in [6.45, 7) is 3.17. The molecule has 2 aromatic carbocycles. The number of amides is 2. The van der Waals surface area contributed by atoms with Gasteiger partial charge in [-0.3, -0.25) is 9.59 Å². The van der Waals surface area contributed by atoms with Gasteiger partial charge in [0.2, 0.25) is 11.8 Å². The van der Waals surface area contributed by atoms with Crippen molar-refractivity contribution in [1.82, 2.24) is 10.5 Å². The van der Waals surface area contributed by atoms with Gasteiger partial charge in [0.15, 0.2) is 0 Å². The van der Waals surface area contributed by atoms with Gasteiger partial charge in [0, 0.05) is 18.7 Å². The summed E-state index contributed by atoms with van der Waals surface area (Å²) >= 11 is 0. The first kappa shape index (κ1) is 16.3. The Labute approximate surface area is 142 Å². The van der Waals surface area contributed by atoms with Crippen LogP contribution in [0.3, 0.4) is 0 Å². The van der Waals surface area contributed by atoms with Gasteiger partial charge < -0.3 is 10.5 Å². The van der Waals surface area contributed by atoms with E-state index in [9.17, 15) is 9.59 Å². The molecule has 2 amide bonds. The molecule has 1 aliphatic carbocycles. The lowest BCUT2D eigenvalue weighted by molar-refractivity contribution is -0.119. The molecular formula is C19H21BN2O2. The molecule has 0 bridgehead atoms. The zero-order valence-corrected chi connectivity index (χ0v) is 14.0. The lowest BCUT2D eigenvalue weighted by Gasteiger charge is -2.23. The summed E-state index contributed by atoms with van der Waals surface area (Å²) in [4.78, 5) is 24.0. The maximum Gasteiger partial charge on any atom is 0.387 e. The number of hydrogen-bond donors (Lipinski definition) is 2. The summed E-state index contributed by atoms with van der Waals surface area (Å²) in [6.07, 6.45) is 0.767. The lowest BCUT2D eigenvalue weighted by atomic mass is 9.58. The van der Waals surface area contributed by atoms with Crippen LogP contribution in [-0.4, -0.2) is 18.8 Å². The van der Waals surface area contributed by atoms with E-state index in [1.807, 2.05) is 38.1 Å². The Morgan fingerprint density at radius 1 is 0.833 bits per heavy atom. The minimum atomic E-state index is -0.449.